The molecule has 3 aromatic rings. The molecular formula is C28H31N3O3S. The molecule has 0 saturated carbocycles. The van der Waals surface area contributed by atoms with Gasteiger partial charge in [0.05, 0.1) is 18.6 Å². The van der Waals surface area contributed by atoms with E-state index >= 15 is 0 Å². The summed E-state index contributed by atoms with van der Waals surface area (Å²) in [5, 5.41) is 9.80. The number of hydrogen-bond acceptors (Lipinski definition) is 6. The molecule has 2 unspecified atom stereocenters. The van der Waals surface area contributed by atoms with Crippen LogP contribution in [0.4, 0.5) is 0 Å². The van der Waals surface area contributed by atoms with Gasteiger partial charge in [-0.2, -0.15) is 5.26 Å². The van der Waals surface area contributed by atoms with Gasteiger partial charge in [0, 0.05) is 48.5 Å². The highest BCUT2D eigenvalue weighted by atomic mass is 32.1. The van der Waals surface area contributed by atoms with Crippen molar-refractivity contribution < 1.29 is 14.3 Å². The van der Waals surface area contributed by atoms with E-state index in [2.05, 4.69) is 18.0 Å². The van der Waals surface area contributed by atoms with Crippen LogP contribution in [0.2, 0.25) is 0 Å². The highest BCUT2D eigenvalue weighted by molar-refractivity contribution is 7.12. The second kappa shape index (κ2) is 11.5. The second-order valence-corrected chi connectivity index (χ2v) is 10.6. The zero-order valence-electron chi connectivity index (χ0n) is 20.3. The van der Waals surface area contributed by atoms with Gasteiger partial charge in [-0.25, -0.2) is 4.98 Å². The first-order valence-corrected chi connectivity index (χ1v) is 13.0. The summed E-state index contributed by atoms with van der Waals surface area (Å²) in [6, 6.07) is 12.4. The van der Waals surface area contributed by atoms with E-state index in [0.29, 0.717) is 37.9 Å². The van der Waals surface area contributed by atoms with E-state index < -0.39 is 0 Å². The van der Waals surface area contributed by atoms with Crippen LogP contribution in [0.3, 0.4) is 0 Å². The quantitative estimate of drug-likeness (QED) is 0.377. The van der Waals surface area contributed by atoms with Gasteiger partial charge in [-0.15, -0.1) is 11.3 Å². The fourth-order valence-corrected chi connectivity index (χ4v) is 6.18. The number of Topliss-reactive ketones (excluding diaryl/α,β-unsaturated/α-hetero) is 1. The zero-order valence-corrected chi connectivity index (χ0v) is 21.1. The maximum atomic E-state index is 12.8. The van der Waals surface area contributed by atoms with Crippen molar-refractivity contribution in [3.8, 4) is 6.07 Å². The van der Waals surface area contributed by atoms with Crippen molar-refractivity contribution in [1.29, 1.82) is 5.26 Å². The molecule has 4 rings (SSSR count). The van der Waals surface area contributed by atoms with Gasteiger partial charge in [0.15, 0.2) is 0 Å². The normalized spacial score (nSPS) is 15.7. The molecule has 0 saturated heterocycles. The van der Waals surface area contributed by atoms with E-state index in [1.165, 1.54) is 4.88 Å². The minimum absolute atomic E-state index is 0.153. The molecular weight excluding hydrogens is 458 g/mol. The van der Waals surface area contributed by atoms with Crippen LogP contribution in [0.1, 0.15) is 64.4 Å². The van der Waals surface area contributed by atoms with Crippen molar-refractivity contribution in [1.82, 2.24) is 9.55 Å². The molecule has 6 nitrogen and oxygen atoms in total. The van der Waals surface area contributed by atoms with Crippen molar-refractivity contribution in [2.45, 2.75) is 57.8 Å². The van der Waals surface area contributed by atoms with Crippen LogP contribution in [0.5, 0.6) is 0 Å². The first-order valence-electron chi connectivity index (χ1n) is 12.2. The third-order valence-corrected chi connectivity index (χ3v) is 8.02. The summed E-state index contributed by atoms with van der Waals surface area (Å²) >= 11 is 1.59. The Hall–Kier alpha value is -3.24. The maximum Gasteiger partial charge on any atom is 0.306 e. The number of ether oxygens (including phenoxy) is 1. The summed E-state index contributed by atoms with van der Waals surface area (Å²) in [5.41, 5.74) is 2.94. The largest absolute Gasteiger partial charge is 0.465 e. The predicted octanol–water partition coefficient (Wildman–Crippen LogP) is 4.94. The molecule has 1 aliphatic carbocycles. The highest BCUT2D eigenvalue weighted by Crippen LogP contribution is 2.37. The van der Waals surface area contributed by atoms with Crippen LogP contribution in [-0.4, -0.2) is 27.9 Å². The number of ketones is 1. The SMILES string of the molecule is CC(CC(=O)Cc1sc2c(c1C#N)CCC(COC(=O)CCc1nccn1C)C2)c1ccccc1. The fraction of sp³-hybridized carbons (Fsp3) is 0.429. The number of thiophene rings is 1. The Balaban J connectivity index is 1.31. The number of carbonyl (C=O) groups excluding carboxylic acids is 2. The molecule has 182 valence electrons. The minimum atomic E-state index is -0.207. The standard InChI is InChI=1S/C28H31N3O3S/c1-19(21-6-4-3-5-7-21)14-22(32)16-26-24(17-29)23-9-8-20(15-25(23)35-26)18-34-28(33)11-10-27-30-12-13-31(27)2/h3-7,12-13,19-20H,8-11,14-16,18H2,1-2H3. The molecule has 0 N–H and O–H groups in total. The van der Waals surface area contributed by atoms with Gasteiger partial charge in [0.2, 0.25) is 0 Å². The second-order valence-electron chi connectivity index (χ2n) is 9.39. The Morgan fingerprint density at radius 1 is 1.31 bits per heavy atom. The molecule has 7 heteroatoms. The summed E-state index contributed by atoms with van der Waals surface area (Å²) in [6.07, 6.45) is 7.70. The van der Waals surface area contributed by atoms with Gasteiger partial charge >= 0.3 is 5.97 Å². The van der Waals surface area contributed by atoms with E-state index in [9.17, 15) is 14.9 Å². The molecule has 35 heavy (non-hydrogen) atoms. The molecule has 2 heterocycles. The van der Waals surface area contributed by atoms with Gasteiger partial charge in [-0.3, -0.25) is 9.59 Å². The van der Waals surface area contributed by atoms with E-state index in [1.54, 1.807) is 17.5 Å². The highest BCUT2D eigenvalue weighted by Gasteiger charge is 2.27. The number of nitrogens with zero attached hydrogens (tertiary/aromatic N) is 3. The lowest BCUT2D eigenvalue weighted by Gasteiger charge is -2.22. The molecule has 0 bridgehead atoms. The number of hydrogen-bond donors (Lipinski definition) is 0. The van der Waals surface area contributed by atoms with Gasteiger partial charge < -0.3 is 9.30 Å². The molecule has 0 fully saturated rings. The number of aromatic nitrogens is 2. The number of nitriles is 1. The summed E-state index contributed by atoms with van der Waals surface area (Å²) in [5.74, 6) is 1.22. The molecule has 0 radical (unpaired) electrons. The number of esters is 1. The van der Waals surface area contributed by atoms with Crippen LogP contribution >= 0.6 is 11.3 Å². The van der Waals surface area contributed by atoms with Crippen molar-refractivity contribution in [3.63, 3.8) is 0 Å². The van der Waals surface area contributed by atoms with E-state index in [1.807, 2.05) is 48.1 Å². The summed E-state index contributed by atoms with van der Waals surface area (Å²) in [4.78, 5) is 31.3. The van der Waals surface area contributed by atoms with E-state index in [4.69, 9.17) is 4.74 Å². The Labute approximate surface area is 210 Å². The Morgan fingerprint density at radius 3 is 2.83 bits per heavy atom. The van der Waals surface area contributed by atoms with Crippen LogP contribution in [-0.2, 0) is 47.1 Å². The van der Waals surface area contributed by atoms with Crippen LogP contribution < -0.4 is 0 Å². The lowest BCUT2D eigenvalue weighted by Crippen LogP contribution is -2.20. The smallest absolute Gasteiger partial charge is 0.306 e. The van der Waals surface area contributed by atoms with E-state index in [0.717, 1.165) is 41.1 Å². The Kier molecular flexibility index (Phi) is 8.14. The first-order chi connectivity index (χ1) is 16.9. The maximum absolute atomic E-state index is 12.8. The monoisotopic (exact) mass is 489 g/mol. The van der Waals surface area contributed by atoms with Crippen LogP contribution in [0, 0.1) is 17.2 Å². The fourth-order valence-electron chi connectivity index (χ4n) is 4.73. The molecule has 1 aromatic carbocycles. The van der Waals surface area contributed by atoms with Gasteiger partial charge in [-0.1, -0.05) is 37.3 Å². The average Bonchev–Trinajstić information content (AvgIpc) is 3.43. The van der Waals surface area contributed by atoms with Crippen molar-refractivity contribution >= 4 is 23.1 Å². The third-order valence-electron chi connectivity index (χ3n) is 6.77. The zero-order chi connectivity index (χ0) is 24.8. The van der Waals surface area contributed by atoms with Crippen LogP contribution in [0.15, 0.2) is 42.7 Å². The number of rotatable bonds is 10. The van der Waals surface area contributed by atoms with Crippen molar-refractivity contribution in [2.75, 3.05) is 6.61 Å². The van der Waals surface area contributed by atoms with Gasteiger partial charge in [0.25, 0.3) is 0 Å². The molecule has 2 aromatic heterocycles. The lowest BCUT2D eigenvalue weighted by molar-refractivity contribution is -0.145. The number of carbonyl (C=O) groups is 2. The summed E-state index contributed by atoms with van der Waals surface area (Å²) in [6.45, 7) is 2.46. The van der Waals surface area contributed by atoms with Crippen LogP contribution in [0.25, 0.3) is 0 Å². The summed E-state index contributed by atoms with van der Waals surface area (Å²) < 4.78 is 7.46. The molecule has 2 atom stereocenters. The van der Waals surface area contributed by atoms with Gasteiger partial charge in [0.1, 0.15) is 17.7 Å². The summed E-state index contributed by atoms with van der Waals surface area (Å²) in [7, 11) is 1.91. The van der Waals surface area contributed by atoms with Crippen molar-refractivity contribution in [3.05, 3.63) is 75.0 Å². The average molecular weight is 490 g/mol. The Bertz CT molecular complexity index is 1220. The minimum Gasteiger partial charge on any atom is -0.465 e. The number of benzene rings is 1. The molecule has 1 aliphatic rings. The number of fused-ring (bicyclic) bond motifs is 1. The third kappa shape index (κ3) is 6.26. The lowest BCUT2D eigenvalue weighted by atomic mass is 9.87. The van der Waals surface area contributed by atoms with E-state index in [-0.39, 0.29) is 23.6 Å². The number of imidazole rings is 1. The molecule has 0 aliphatic heterocycles. The number of aryl methyl sites for hydroxylation is 2. The van der Waals surface area contributed by atoms with Crippen molar-refractivity contribution in [2.24, 2.45) is 13.0 Å². The molecule has 0 spiro atoms. The Morgan fingerprint density at radius 2 is 2.11 bits per heavy atom. The predicted molar refractivity (Wildman–Crippen MR) is 135 cm³/mol. The first kappa shape index (κ1) is 24.9. The van der Waals surface area contributed by atoms with Gasteiger partial charge in [-0.05, 0) is 42.2 Å². The molecule has 0 amide bonds. The topological polar surface area (TPSA) is 85.0 Å².